The fourth-order valence-corrected chi connectivity index (χ4v) is 1.60. The number of hydrogen-bond donors (Lipinski definition) is 0. The van der Waals surface area contributed by atoms with Gasteiger partial charge in [-0.15, -0.1) is 3.89 Å². The predicted octanol–water partition coefficient (Wildman–Crippen LogP) is 0.806. The summed E-state index contributed by atoms with van der Waals surface area (Å²) in [6.07, 6.45) is 1.41. The van der Waals surface area contributed by atoms with Crippen molar-refractivity contribution in [2.45, 2.75) is 4.90 Å². The molecule has 72 valence electrons. The molecule has 0 unspecified atom stereocenters. The standard InChI is InChI=1S/C7H9FN2O2S/c1-10(2)7-6(13(8,11)12)4-3-5-9-7/h3-5H,1-2H3. The van der Waals surface area contributed by atoms with Crippen LogP contribution in [0.25, 0.3) is 0 Å². The minimum atomic E-state index is -4.68. The quantitative estimate of drug-likeness (QED) is 0.669. The Labute approximate surface area is 76.2 Å². The third-order valence-electron chi connectivity index (χ3n) is 1.44. The average molecular weight is 204 g/mol. The molecule has 1 rings (SSSR count). The van der Waals surface area contributed by atoms with Crippen LogP contribution in [-0.2, 0) is 10.2 Å². The Morgan fingerprint density at radius 1 is 1.46 bits per heavy atom. The second-order valence-corrected chi connectivity index (χ2v) is 3.97. The molecule has 0 N–H and O–H groups in total. The number of halogens is 1. The van der Waals surface area contributed by atoms with Gasteiger partial charge < -0.3 is 4.90 Å². The van der Waals surface area contributed by atoms with E-state index >= 15 is 0 Å². The molecule has 0 aliphatic heterocycles. The molecule has 1 aromatic heterocycles. The number of aromatic nitrogens is 1. The summed E-state index contributed by atoms with van der Waals surface area (Å²) in [4.78, 5) is 4.79. The molecular formula is C7H9FN2O2S. The van der Waals surface area contributed by atoms with E-state index in [0.717, 1.165) is 0 Å². The fourth-order valence-electron chi connectivity index (χ4n) is 0.908. The molecule has 0 aromatic carbocycles. The molecule has 0 saturated heterocycles. The maximum absolute atomic E-state index is 12.6. The van der Waals surface area contributed by atoms with Crippen molar-refractivity contribution in [2.75, 3.05) is 19.0 Å². The Morgan fingerprint density at radius 3 is 2.46 bits per heavy atom. The summed E-state index contributed by atoms with van der Waals surface area (Å²) in [6, 6.07) is 2.55. The van der Waals surface area contributed by atoms with Crippen LogP contribution in [0.15, 0.2) is 23.2 Å². The second-order valence-electron chi connectivity index (χ2n) is 2.66. The molecule has 0 spiro atoms. The molecule has 0 aliphatic carbocycles. The number of anilines is 1. The zero-order valence-corrected chi connectivity index (χ0v) is 8.05. The van der Waals surface area contributed by atoms with Gasteiger partial charge in [-0.2, -0.15) is 8.42 Å². The van der Waals surface area contributed by atoms with Gasteiger partial charge in [-0.05, 0) is 12.1 Å². The van der Waals surface area contributed by atoms with Crippen molar-refractivity contribution >= 4 is 16.0 Å². The van der Waals surface area contributed by atoms with Crippen molar-refractivity contribution in [1.29, 1.82) is 0 Å². The molecule has 13 heavy (non-hydrogen) atoms. The van der Waals surface area contributed by atoms with Gasteiger partial charge in [0.1, 0.15) is 10.7 Å². The van der Waals surface area contributed by atoms with E-state index in [4.69, 9.17) is 0 Å². The van der Waals surface area contributed by atoms with Crippen LogP contribution in [0.5, 0.6) is 0 Å². The minimum Gasteiger partial charge on any atom is -0.362 e. The minimum absolute atomic E-state index is 0.102. The lowest BCUT2D eigenvalue weighted by atomic mass is 10.4. The van der Waals surface area contributed by atoms with E-state index < -0.39 is 15.1 Å². The van der Waals surface area contributed by atoms with E-state index in [1.165, 1.54) is 23.2 Å². The fraction of sp³-hybridized carbons (Fsp3) is 0.286. The molecule has 0 atom stereocenters. The second kappa shape index (κ2) is 3.29. The maximum atomic E-state index is 12.6. The molecule has 6 heteroatoms. The highest BCUT2D eigenvalue weighted by Crippen LogP contribution is 2.21. The van der Waals surface area contributed by atoms with Crippen LogP contribution in [0.3, 0.4) is 0 Å². The molecule has 0 bridgehead atoms. The molecule has 1 aromatic rings. The molecule has 0 aliphatic rings. The lowest BCUT2D eigenvalue weighted by molar-refractivity contribution is 0.551. The van der Waals surface area contributed by atoms with Gasteiger partial charge in [0, 0.05) is 20.3 Å². The summed E-state index contributed by atoms with van der Waals surface area (Å²) in [5.41, 5.74) is 0. The van der Waals surface area contributed by atoms with E-state index in [-0.39, 0.29) is 5.82 Å². The van der Waals surface area contributed by atoms with Crippen LogP contribution in [0, 0.1) is 0 Å². The first-order chi connectivity index (χ1) is 5.93. The van der Waals surface area contributed by atoms with Crippen LogP contribution in [-0.4, -0.2) is 27.5 Å². The first-order valence-corrected chi connectivity index (χ1v) is 4.88. The molecule has 0 fully saturated rings. The van der Waals surface area contributed by atoms with Crippen LogP contribution in [0.4, 0.5) is 9.70 Å². The SMILES string of the molecule is CN(C)c1ncccc1S(=O)(=O)F. The van der Waals surface area contributed by atoms with Crippen LogP contribution in [0.2, 0.25) is 0 Å². The number of rotatable bonds is 2. The number of nitrogens with zero attached hydrogens (tertiary/aromatic N) is 2. The molecule has 0 radical (unpaired) electrons. The Morgan fingerprint density at radius 2 is 2.08 bits per heavy atom. The van der Waals surface area contributed by atoms with E-state index in [1.54, 1.807) is 14.1 Å². The van der Waals surface area contributed by atoms with Crippen molar-refractivity contribution in [3.05, 3.63) is 18.3 Å². The van der Waals surface area contributed by atoms with E-state index in [9.17, 15) is 12.3 Å². The van der Waals surface area contributed by atoms with Crippen molar-refractivity contribution in [3.63, 3.8) is 0 Å². The van der Waals surface area contributed by atoms with E-state index in [0.29, 0.717) is 0 Å². The average Bonchev–Trinajstić information content (AvgIpc) is 2.03. The summed E-state index contributed by atoms with van der Waals surface area (Å²) in [7, 11) is -1.49. The van der Waals surface area contributed by atoms with Gasteiger partial charge in [0.25, 0.3) is 0 Å². The van der Waals surface area contributed by atoms with Crippen molar-refractivity contribution in [2.24, 2.45) is 0 Å². The maximum Gasteiger partial charge on any atom is 0.335 e. The molecule has 4 nitrogen and oxygen atoms in total. The van der Waals surface area contributed by atoms with E-state index in [2.05, 4.69) is 4.98 Å². The zero-order chi connectivity index (χ0) is 10.1. The highest BCUT2D eigenvalue weighted by Gasteiger charge is 2.18. The summed E-state index contributed by atoms with van der Waals surface area (Å²) < 4.78 is 33.9. The number of pyridine rings is 1. The first-order valence-electron chi connectivity index (χ1n) is 3.50. The smallest absolute Gasteiger partial charge is 0.335 e. The monoisotopic (exact) mass is 204 g/mol. The lowest BCUT2D eigenvalue weighted by Crippen LogP contribution is -2.14. The topological polar surface area (TPSA) is 50.3 Å². The first kappa shape index (κ1) is 9.91. The van der Waals surface area contributed by atoms with Gasteiger partial charge in [0.15, 0.2) is 0 Å². The van der Waals surface area contributed by atoms with Gasteiger partial charge in [-0.3, -0.25) is 0 Å². The molecule has 0 saturated carbocycles. The largest absolute Gasteiger partial charge is 0.362 e. The van der Waals surface area contributed by atoms with Gasteiger partial charge in [-0.1, -0.05) is 0 Å². The third kappa shape index (κ3) is 2.15. The highest BCUT2D eigenvalue weighted by molar-refractivity contribution is 7.86. The van der Waals surface area contributed by atoms with E-state index in [1.807, 2.05) is 0 Å². The normalized spacial score (nSPS) is 11.3. The Balaban J connectivity index is 3.37. The van der Waals surface area contributed by atoms with Crippen LogP contribution >= 0.6 is 0 Å². The van der Waals surface area contributed by atoms with Gasteiger partial charge in [-0.25, -0.2) is 4.98 Å². The number of hydrogen-bond acceptors (Lipinski definition) is 4. The highest BCUT2D eigenvalue weighted by atomic mass is 32.3. The van der Waals surface area contributed by atoms with Crippen molar-refractivity contribution in [3.8, 4) is 0 Å². The summed E-state index contributed by atoms with van der Waals surface area (Å²) in [5, 5.41) is 0. The van der Waals surface area contributed by atoms with Crippen molar-refractivity contribution < 1.29 is 12.3 Å². The Bertz CT molecular complexity index is 403. The Hall–Kier alpha value is -1.17. The van der Waals surface area contributed by atoms with Gasteiger partial charge in [0.2, 0.25) is 0 Å². The summed E-state index contributed by atoms with van der Waals surface area (Å²) in [5.74, 6) is 0.102. The molecule has 0 amide bonds. The van der Waals surface area contributed by atoms with Crippen molar-refractivity contribution in [1.82, 2.24) is 4.98 Å². The van der Waals surface area contributed by atoms with Gasteiger partial charge >= 0.3 is 10.2 Å². The molecule has 1 heterocycles. The summed E-state index contributed by atoms with van der Waals surface area (Å²) >= 11 is 0. The lowest BCUT2D eigenvalue weighted by Gasteiger charge is -2.12. The predicted molar refractivity (Wildman–Crippen MR) is 46.9 cm³/mol. The Kier molecular flexibility index (Phi) is 2.51. The van der Waals surface area contributed by atoms with Crippen LogP contribution in [0.1, 0.15) is 0 Å². The van der Waals surface area contributed by atoms with Crippen LogP contribution < -0.4 is 4.90 Å². The molecular weight excluding hydrogens is 195 g/mol. The summed E-state index contributed by atoms with van der Waals surface area (Å²) in [6.45, 7) is 0. The third-order valence-corrected chi connectivity index (χ3v) is 2.28. The van der Waals surface area contributed by atoms with Gasteiger partial charge in [0.05, 0.1) is 0 Å². The zero-order valence-electron chi connectivity index (χ0n) is 7.23.